The highest BCUT2D eigenvalue weighted by molar-refractivity contribution is 5.79. The number of carbonyl (C=O) groups is 1. The molecule has 0 aliphatic heterocycles. The van der Waals surface area contributed by atoms with Gasteiger partial charge in [0.2, 0.25) is 5.91 Å². The van der Waals surface area contributed by atoms with Crippen molar-refractivity contribution >= 4 is 11.7 Å². The lowest BCUT2D eigenvalue weighted by molar-refractivity contribution is -0.118. The molecule has 15 heavy (non-hydrogen) atoms. The van der Waals surface area contributed by atoms with E-state index in [9.17, 15) is 9.59 Å². The fraction of sp³-hybridized carbons (Fsp3) is 0.444. The number of aromatic nitrogens is 2. The largest absolute Gasteiger partial charge is 0.358 e. The van der Waals surface area contributed by atoms with E-state index in [1.807, 2.05) is 6.92 Å². The number of hydrogen-bond donors (Lipinski definition) is 2. The molecule has 0 radical (unpaired) electrons. The first-order valence-corrected chi connectivity index (χ1v) is 4.69. The highest BCUT2D eigenvalue weighted by Gasteiger charge is 2.04. The van der Waals surface area contributed by atoms with Crippen molar-refractivity contribution in [2.75, 3.05) is 18.9 Å². The number of nitrogens with one attached hydrogen (secondary N) is 2. The average Bonchev–Trinajstić information content (AvgIpc) is 2.27. The number of amides is 1. The lowest BCUT2D eigenvalue weighted by Crippen LogP contribution is -2.30. The van der Waals surface area contributed by atoms with Crippen molar-refractivity contribution in [3.05, 3.63) is 22.7 Å². The molecular formula is C9H14N4O2. The normalized spacial score (nSPS) is 9.73. The molecule has 6 heteroatoms. The van der Waals surface area contributed by atoms with Gasteiger partial charge in [0.1, 0.15) is 0 Å². The quantitative estimate of drug-likeness (QED) is 0.697. The van der Waals surface area contributed by atoms with Crippen molar-refractivity contribution in [1.29, 1.82) is 0 Å². The molecule has 1 amide bonds. The molecule has 0 saturated heterocycles. The first kappa shape index (κ1) is 11.2. The summed E-state index contributed by atoms with van der Waals surface area (Å²) in [6, 6.07) is 0. The summed E-state index contributed by atoms with van der Waals surface area (Å²) in [4.78, 5) is 26.4. The SMILES string of the molecule is CCn1ccnc(NCC(=O)NC)c1=O. The van der Waals surface area contributed by atoms with Crippen LogP contribution in [0.5, 0.6) is 0 Å². The number of carbonyl (C=O) groups excluding carboxylic acids is 1. The van der Waals surface area contributed by atoms with Crippen molar-refractivity contribution in [1.82, 2.24) is 14.9 Å². The Bertz CT molecular complexity index is 399. The number of rotatable bonds is 4. The zero-order valence-electron chi connectivity index (χ0n) is 8.78. The summed E-state index contributed by atoms with van der Waals surface area (Å²) in [5.41, 5.74) is -0.219. The summed E-state index contributed by atoms with van der Waals surface area (Å²) >= 11 is 0. The van der Waals surface area contributed by atoms with Crippen molar-refractivity contribution in [2.45, 2.75) is 13.5 Å². The van der Waals surface area contributed by atoms with Crippen molar-refractivity contribution < 1.29 is 4.79 Å². The van der Waals surface area contributed by atoms with E-state index in [2.05, 4.69) is 15.6 Å². The molecule has 1 heterocycles. The van der Waals surface area contributed by atoms with E-state index in [0.717, 1.165) is 0 Å². The van der Waals surface area contributed by atoms with Crippen LogP contribution in [0.4, 0.5) is 5.82 Å². The molecule has 0 fully saturated rings. The third-order valence-corrected chi connectivity index (χ3v) is 1.95. The Morgan fingerprint density at radius 3 is 2.93 bits per heavy atom. The van der Waals surface area contributed by atoms with E-state index < -0.39 is 0 Å². The van der Waals surface area contributed by atoms with Gasteiger partial charge in [-0.25, -0.2) is 4.98 Å². The molecule has 1 aromatic heterocycles. The summed E-state index contributed by atoms with van der Waals surface area (Å²) in [5, 5.41) is 5.13. The third kappa shape index (κ3) is 2.80. The minimum atomic E-state index is -0.219. The van der Waals surface area contributed by atoms with Crippen molar-refractivity contribution in [2.24, 2.45) is 0 Å². The number of hydrogen-bond acceptors (Lipinski definition) is 4. The van der Waals surface area contributed by atoms with Gasteiger partial charge in [0, 0.05) is 26.0 Å². The van der Waals surface area contributed by atoms with Gasteiger partial charge >= 0.3 is 0 Å². The molecule has 0 saturated carbocycles. The zero-order chi connectivity index (χ0) is 11.3. The second-order valence-corrected chi connectivity index (χ2v) is 2.89. The summed E-state index contributed by atoms with van der Waals surface area (Å²) < 4.78 is 1.51. The lowest BCUT2D eigenvalue weighted by Gasteiger charge is -2.06. The molecule has 0 aliphatic rings. The van der Waals surface area contributed by atoms with E-state index in [0.29, 0.717) is 6.54 Å². The van der Waals surface area contributed by atoms with E-state index in [1.165, 1.54) is 17.8 Å². The maximum Gasteiger partial charge on any atom is 0.293 e. The maximum atomic E-state index is 11.6. The second kappa shape index (κ2) is 5.14. The van der Waals surface area contributed by atoms with Gasteiger partial charge in [-0.05, 0) is 6.92 Å². The van der Waals surface area contributed by atoms with Crippen LogP contribution in [0.3, 0.4) is 0 Å². The van der Waals surface area contributed by atoms with Gasteiger partial charge in [0.15, 0.2) is 5.82 Å². The van der Waals surface area contributed by atoms with Crippen LogP contribution < -0.4 is 16.2 Å². The molecule has 0 spiro atoms. The number of likely N-dealkylation sites (N-methyl/N-ethyl adjacent to an activating group) is 1. The predicted octanol–water partition coefficient (Wildman–Crippen LogP) is -0.579. The molecule has 0 aliphatic carbocycles. The molecule has 0 bridgehead atoms. The first-order valence-electron chi connectivity index (χ1n) is 4.69. The minimum absolute atomic E-state index is 0.0481. The Morgan fingerprint density at radius 1 is 1.60 bits per heavy atom. The fourth-order valence-electron chi connectivity index (χ4n) is 1.07. The Labute approximate surface area is 87.3 Å². The third-order valence-electron chi connectivity index (χ3n) is 1.95. The van der Waals surface area contributed by atoms with Gasteiger partial charge in [0.05, 0.1) is 6.54 Å². The van der Waals surface area contributed by atoms with Crippen molar-refractivity contribution in [3.8, 4) is 0 Å². The number of anilines is 1. The minimum Gasteiger partial charge on any atom is -0.358 e. The van der Waals surface area contributed by atoms with Crippen LogP contribution in [-0.4, -0.2) is 29.1 Å². The molecule has 0 aromatic carbocycles. The van der Waals surface area contributed by atoms with Gasteiger partial charge < -0.3 is 15.2 Å². The van der Waals surface area contributed by atoms with Crippen LogP contribution in [0.25, 0.3) is 0 Å². The van der Waals surface area contributed by atoms with Gasteiger partial charge in [-0.2, -0.15) is 0 Å². The van der Waals surface area contributed by atoms with Gasteiger partial charge in [-0.15, -0.1) is 0 Å². The summed E-state index contributed by atoms with van der Waals surface area (Å²) in [6.45, 7) is 2.49. The Balaban J connectivity index is 2.78. The van der Waals surface area contributed by atoms with Gasteiger partial charge in [-0.3, -0.25) is 9.59 Å². The first-order chi connectivity index (χ1) is 7.19. The summed E-state index contributed by atoms with van der Waals surface area (Å²) in [7, 11) is 1.53. The lowest BCUT2D eigenvalue weighted by atomic mass is 10.5. The second-order valence-electron chi connectivity index (χ2n) is 2.89. The summed E-state index contributed by atoms with van der Waals surface area (Å²) in [6.07, 6.45) is 3.13. The molecule has 2 N–H and O–H groups in total. The van der Waals surface area contributed by atoms with E-state index in [1.54, 1.807) is 6.20 Å². The molecule has 0 unspecified atom stereocenters. The highest BCUT2D eigenvalue weighted by Crippen LogP contribution is 1.91. The van der Waals surface area contributed by atoms with Crippen LogP contribution >= 0.6 is 0 Å². The number of nitrogens with zero attached hydrogens (tertiary/aromatic N) is 2. The molecule has 1 rings (SSSR count). The van der Waals surface area contributed by atoms with Crippen LogP contribution in [0.2, 0.25) is 0 Å². The van der Waals surface area contributed by atoms with E-state index >= 15 is 0 Å². The topological polar surface area (TPSA) is 76.0 Å². The highest BCUT2D eigenvalue weighted by atomic mass is 16.2. The Morgan fingerprint density at radius 2 is 2.33 bits per heavy atom. The smallest absolute Gasteiger partial charge is 0.293 e. The fourth-order valence-corrected chi connectivity index (χ4v) is 1.07. The average molecular weight is 210 g/mol. The van der Waals surface area contributed by atoms with Crippen LogP contribution in [0.1, 0.15) is 6.92 Å². The molecule has 6 nitrogen and oxygen atoms in total. The molecule has 1 aromatic rings. The molecule has 82 valence electrons. The van der Waals surface area contributed by atoms with Crippen LogP contribution in [0, 0.1) is 0 Å². The zero-order valence-corrected chi connectivity index (χ0v) is 8.78. The number of aryl methyl sites for hydroxylation is 1. The van der Waals surface area contributed by atoms with Crippen LogP contribution in [0.15, 0.2) is 17.2 Å². The Kier molecular flexibility index (Phi) is 3.84. The Hall–Kier alpha value is -1.85. The molecular weight excluding hydrogens is 196 g/mol. The van der Waals surface area contributed by atoms with Gasteiger partial charge in [0.25, 0.3) is 5.56 Å². The monoisotopic (exact) mass is 210 g/mol. The van der Waals surface area contributed by atoms with Crippen molar-refractivity contribution in [3.63, 3.8) is 0 Å². The standard InChI is InChI=1S/C9H14N4O2/c1-3-13-5-4-11-8(9(13)15)12-6-7(14)10-2/h4-5H,3,6H2,1-2H3,(H,10,14)(H,11,12). The predicted molar refractivity (Wildman–Crippen MR) is 56.7 cm³/mol. The maximum absolute atomic E-state index is 11.6. The van der Waals surface area contributed by atoms with E-state index in [-0.39, 0.29) is 23.8 Å². The van der Waals surface area contributed by atoms with E-state index in [4.69, 9.17) is 0 Å². The summed E-state index contributed by atoms with van der Waals surface area (Å²) in [5.74, 6) is 0.00560. The van der Waals surface area contributed by atoms with Gasteiger partial charge in [-0.1, -0.05) is 0 Å². The van der Waals surface area contributed by atoms with Crippen LogP contribution in [-0.2, 0) is 11.3 Å². The molecule has 0 atom stereocenters.